The van der Waals surface area contributed by atoms with E-state index in [2.05, 4.69) is 43.2 Å². The van der Waals surface area contributed by atoms with Crippen LogP contribution in [0.3, 0.4) is 0 Å². The molecular weight excluding hydrogens is 180 g/mol. The van der Waals surface area contributed by atoms with E-state index in [1.807, 2.05) is 0 Å². The summed E-state index contributed by atoms with van der Waals surface area (Å²) in [6.07, 6.45) is 0. The van der Waals surface area contributed by atoms with E-state index in [1.165, 1.54) is 16.2 Å². The van der Waals surface area contributed by atoms with Crippen LogP contribution in [0.1, 0.15) is 0 Å². The number of thioether (sulfide) groups is 1. The second kappa shape index (κ2) is 2.64. The van der Waals surface area contributed by atoms with Crippen molar-refractivity contribution in [1.29, 1.82) is 0 Å². The Bertz CT molecular complexity index is 123. The smallest absolute Gasteiger partial charge is 0.153 e. The summed E-state index contributed by atoms with van der Waals surface area (Å²) in [5.74, 6) is 0. The molecule has 1 unspecified atom stereocenters. The topological polar surface area (TPSA) is 15.6 Å². The molecule has 0 spiro atoms. The molecule has 2 nitrogen and oxygen atoms in total. The Balaban J connectivity index is 2.56. The third kappa shape index (κ3) is 1.43. The third-order valence-electron chi connectivity index (χ3n) is 0.596. The molecule has 8 heavy (non-hydrogen) atoms. The van der Waals surface area contributed by atoms with Gasteiger partial charge >= 0.3 is 0 Å². The van der Waals surface area contributed by atoms with E-state index in [1.54, 1.807) is 0 Å². The molecule has 6 heteroatoms. The summed E-state index contributed by atoms with van der Waals surface area (Å²) >= 11 is 13.5. The molecule has 0 aromatic rings. The zero-order valence-electron chi connectivity index (χ0n) is 3.72. The molecule has 0 N–H and O–H groups in total. The standard InChI is InChI=1S/C2H4N2S4/c5-1-3-4(7)2(6)8-1/h2,6-7H,(H,3,5). The van der Waals surface area contributed by atoms with Gasteiger partial charge in [0.2, 0.25) is 0 Å². The Hall–Kier alpha value is 0.870. The van der Waals surface area contributed by atoms with Crippen LogP contribution in [0.25, 0.3) is 0 Å². The van der Waals surface area contributed by atoms with E-state index in [0.29, 0.717) is 4.38 Å². The van der Waals surface area contributed by atoms with E-state index in [4.69, 9.17) is 0 Å². The van der Waals surface area contributed by atoms with E-state index < -0.39 is 0 Å². The van der Waals surface area contributed by atoms with Gasteiger partial charge in [0.1, 0.15) is 0 Å². The number of nitrogens with zero attached hydrogens (tertiary/aromatic N) is 2. The Kier molecular flexibility index (Phi) is 2.30. The molecule has 0 radical (unpaired) electrons. The van der Waals surface area contributed by atoms with Crippen LogP contribution in [-0.4, -0.2) is 13.5 Å². The van der Waals surface area contributed by atoms with Gasteiger partial charge in [0, 0.05) is 0 Å². The fraction of sp³-hybridized carbons (Fsp3) is 0.500. The molecule has 1 aliphatic rings. The minimum atomic E-state index is 0.0193. The van der Waals surface area contributed by atoms with Gasteiger partial charge in [-0.15, -0.1) is 25.3 Å². The fourth-order valence-corrected chi connectivity index (χ4v) is 2.13. The Labute approximate surface area is 68.4 Å². The summed E-state index contributed by atoms with van der Waals surface area (Å²) in [5.41, 5.74) is 0. The molecular formula is C2H4N2S4. The maximum atomic E-state index is 4.10. The van der Waals surface area contributed by atoms with E-state index in [9.17, 15) is 0 Å². The second-order valence-electron chi connectivity index (χ2n) is 1.15. The van der Waals surface area contributed by atoms with E-state index >= 15 is 0 Å². The molecule has 1 aliphatic heterocycles. The van der Waals surface area contributed by atoms with Gasteiger partial charge in [-0.1, -0.05) is 11.8 Å². The summed E-state index contributed by atoms with van der Waals surface area (Å²) in [6.45, 7) is 0. The molecule has 1 rings (SSSR count). The lowest BCUT2D eigenvalue weighted by molar-refractivity contribution is 0.590. The van der Waals surface area contributed by atoms with Crippen molar-refractivity contribution in [2.24, 2.45) is 5.10 Å². The highest BCUT2D eigenvalue weighted by atomic mass is 32.2. The maximum absolute atomic E-state index is 4.10. The highest BCUT2D eigenvalue weighted by Crippen LogP contribution is 2.30. The van der Waals surface area contributed by atoms with Crippen molar-refractivity contribution in [3.8, 4) is 0 Å². The molecule has 0 saturated heterocycles. The molecule has 1 atom stereocenters. The number of hydrazone groups is 1. The number of thiol groups is 3. The lowest BCUT2D eigenvalue weighted by Crippen LogP contribution is -2.05. The first-order valence-corrected chi connectivity index (χ1v) is 4.05. The number of hydrogen-bond acceptors (Lipinski definition) is 5. The molecule has 0 aliphatic carbocycles. The molecule has 0 aromatic carbocycles. The van der Waals surface area contributed by atoms with Crippen molar-refractivity contribution in [3.05, 3.63) is 0 Å². The highest BCUT2D eigenvalue weighted by molar-refractivity contribution is 8.36. The summed E-state index contributed by atoms with van der Waals surface area (Å²) in [6, 6.07) is 0. The fourth-order valence-electron chi connectivity index (χ4n) is 0.302. The normalized spacial score (nSPS) is 28.6. The van der Waals surface area contributed by atoms with Crippen LogP contribution in [0.2, 0.25) is 0 Å². The van der Waals surface area contributed by atoms with Crippen LogP contribution in [-0.2, 0) is 0 Å². The minimum absolute atomic E-state index is 0.0193. The van der Waals surface area contributed by atoms with Crippen LogP contribution in [0.4, 0.5) is 0 Å². The molecule has 0 aromatic heterocycles. The summed E-state index contributed by atoms with van der Waals surface area (Å²) in [5, 5.41) is 3.83. The molecule has 0 fully saturated rings. The van der Waals surface area contributed by atoms with Crippen molar-refractivity contribution < 1.29 is 0 Å². The zero-order valence-corrected chi connectivity index (χ0v) is 7.22. The lowest BCUT2D eigenvalue weighted by Gasteiger charge is -2.07. The first-order valence-electron chi connectivity index (χ1n) is 1.80. The quantitative estimate of drug-likeness (QED) is 0.492. The van der Waals surface area contributed by atoms with Gasteiger partial charge in [0.05, 0.1) is 0 Å². The zero-order chi connectivity index (χ0) is 6.15. The second-order valence-corrected chi connectivity index (χ2v) is 4.19. The van der Waals surface area contributed by atoms with Crippen LogP contribution in [0, 0.1) is 0 Å². The lowest BCUT2D eigenvalue weighted by atomic mass is 11.4. The van der Waals surface area contributed by atoms with Crippen LogP contribution in [0.15, 0.2) is 5.10 Å². The summed E-state index contributed by atoms with van der Waals surface area (Å²) < 4.78 is 2.18. The highest BCUT2D eigenvalue weighted by Gasteiger charge is 2.18. The first-order chi connectivity index (χ1) is 3.70. The van der Waals surface area contributed by atoms with Crippen LogP contribution in [0.5, 0.6) is 0 Å². The molecule has 1 heterocycles. The number of hydrogen-bond donors (Lipinski definition) is 3. The van der Waals surface area contributed by atoms with Crippen LogP contribution >= 0.6 is 49.8 Å². The first kappa shape index (κ1) is 6.98. The van der Waals surface area contributed by atoms with Crippen LogP contribution < -0.4 is 0 Å². The van der Waals surface area contributed by atoms with Gasteiger partial charge in [-0.2, -0.15) is 5.10 Å². The SMILES string of the molecule is SC1=NN(S)C(S)S1. The van der Waals surface area contributed by atoms with Crippen molar-refractivity contribution in [3.63, 3.8) is 0 Å². The van der Waals surface area contributed by atoms with Crippen molar-refractivity contribution in [2.75, 3.05) is 0 Å². The predicted molar refractivity (Wildman–Crippen MR) is 47.6 cm³/mol. The Morgan fingerprint density at radius 2 is 2.38 bits per heavy atom. The van der Waals surface area contributed by atoms with Crippen molar-refractivity contribution in [2.45, 2.75) is 4.71 Å². The Morgan fingerprint density at radius 1 is 1.75 bits per heavy atom. The minimum Gasteiger partial charge on any atom is -0.217 e. The average Bonchev–Trinajstić information content (AvgIpc) is 1.85. The van der Waals surface area contributed by atoms with Gasteiger partial charge in [0.25, 0.3) is 0 Å². The van der Waals surface area contributed by atoms with Gasteiger partial charge in [0.15, 0.2) is 9.08 Å². The maximum Gasteiger partial charge on any atom is 0.153 e. The van der Waals surface area contributed by atoms with Gasteiger partial charge < -0.3 is 0 Å². The predicted octanol–water partition coefficient (Wildman–Crippen LogP) is 1.29. The van der Waals surface area contributed by atoms with E-state index in [-0.39, 0.29) is 4.71 Å². The molecule has 0 bridgehead atoms. The third-order valence-corrected chi connectivity index (χ3v) is 2.90. The monoisotopic (exact) mass is 184 g/mol. The largest absolute Gasteiger partial charge is 0.217 e. The number of rotatable bonds is 0. The van der Waals surface area contributed by atoms with Gasteiger partial charge in [-0.25, -0.2) is 4.41 Å². The summed E-state index contributed by atoms with van der Waals surface area (Å²) in [4.78, 5) is 0. The Morgan fingerprint density at radius 3 is 2.50 bits per heavy atom. The van der Waals surface area contributed by atoms with Crippen molar-refractivity contribution >= 4 is 54.2 Å². The molecule has 0 saturated carbocycles. The molecule has 46 valence electrons. The summed E-state index contributed by atoms with van der Waals surface area (Å²) in [7, 11) is 0. The van der Waals surface area contributed by atoms with Gasteiger partial charge in [-0.3, -0.25) is 0 Å². The molecule has 0 amide bonds. The van der Waals surface area contributed by atoms with E-state index in [0.717, 1.165) is 0 Å². The average molecular weight is 184 g/mol. The van der Waals surface area contributed by atoms with Gasteiger partial charge in [-0.05, 0) is 12.8 Å². The van der Waals surface area contributed by atoms with Crippen molar-refractivity contribution in [1.82, 2.24) is 4.41 Å².